The van der Waals surface area contributed by atoms with Gasteiger partial charge in [-0.1, -0.05) is 32.9 Å². The molecule has 1 aliphatic rings. The third-order valence-electron chi connectivity index (χ3n) is 3.52. The highest BCUT2D eigenvalue weighted by molar-refractivity contribution is 5.57. The van der Waals surface area contributed by atoms with Crippen LogP contribution >= 0.6 is 0 Å². The minimum absolute atomic E-state index is 0.295. The normalized spacial score (nSPS) is 19.6. The molecule has 1 unspecified atom stereocenters. The summed E-state index contributed by atoms with van der Waals surface area (Å²) in [4.78, 5) is 0. The SMILES string of the molecule is CC(C)(C)C1C=Cc2c(ccc3nnnn23)C1. The van der Waals surface area contributed by atoms with E-state index in [0.717, 1.165) is 17.8 Å². The largest absolute Gasteiger partial charge is 0.193 e. The van der Waals surface area contributed by atoms with Crippen molar-refractivity contribution in [1.82, 2.24) is 20.0 Å². The maximum absolute atomic E-state index is 4.02. The van der Waals surface area contributed by atoms with Gasteiger partial charge in [-0.15, -0.1) is 5.10 Å². The van der Waals surface area contributed by atoms with Crippen molar-refractivity contribution in [2.24, 2.45) is 11.3 Å². The minimum atomic E-state index is 0.295. The van der Waals surface area contributed by atoms with Crippen LogP contribution in [0, 0.1) is 11.3 Å². The smallest absolute Gasteiger partial charge is 0.179 e. The lowest BCUT2D eigenvalue weighted by Gasteiger charge is -2.31. The number of hydrogen-bond acceptors (Lipinski definition) is 3. The van der Waals surface area contributed by atoms with Crippen molar-refractivity contribution < 1.29 is 0 Å². The molecule has 2 aromatic heterocycles. The van der Waals surface area contributed by atoms with Crippen LogP contribution in [0.1, 0.15) is 32.0 Å². The summed E-state index contributed by atoms with van der Waals surface area (Å²) in [6, 6.07) is 4.13. The van der Waals surface area contributed by atoms with Crippen LogP contribution in [0.4, 0.5) is 0 Å². The van der Waals surface area contributed by atoms with E-state index in [9.17, 15) is 0 Å². The number of allylic oxidation sites excluding steroid dienone is 1. The molecular weight excluding hydrogens is 212 g/mol. The Bertz CT molecular complexity index is 589. The van der Waals surface area contributed by atoms with Gasteiger partial charge in [-0.25, -0.2) is 0 Å². The molecule has 0 fully saturated rings. The highest BCUT2D eigenvalue weighted by Crippen LogP contribution is 2.34. The first-order valence-corrected chi connectivity index (χ1v) is 5.94. The Morgan fingerprint density at radius 1 is 1.29 bits per heavy atom. The molecule has 0 saturated heterocycles. The Morgan fingerprint density at radius 3 is 2.88 bits per heavy atom. The summed E-state index contributed by atoms with van der Waals surface area (Å²) >= 11 is 0. The fraction of sp³-hybridized carbons (Fsp3) is 0.462. The summed E-state index contributed by atoms with van der Waals surface area (Å²) in [6.45, 7) is 6.84. The number of fused-ring (bicyclic) bond motifs is 3. The first-order chi connectivity index (χ1) is 8.05. The van der Waals surface area contributed by atoms with Crippen LogP contribution in [-0.4, -0.2) is 20.0 Å². The molecule has 2 aromatic rings. The molecule has 4 heteroatoms. The van der Waals surface area contributed by atoms with Gasteiger partial charge in [0.05, 0.1) is 5.69 Å². The third-order valence-corrected chi connectivity index (χ3v) is 3.52. The van der Waals surface area contributed by atoms with E-state index in [1.807, 2.05) is 10.6 Å². The van der Waals surface area contributed by atoms with Gasteiger partial charge in [0.2, 0.25) is 0 Å². The van der Waals surface area contributed by atoms with Gasteiger partial charge in [-0.2, -0.15) is 4.52 Å². The second-order valence-electron chi connectivity index (χ2n) is 5.73. The summed E-state index contributed by atoms with van der Waals surface area (Å²) in [5.41, 5.74) is 3.55. The molecule has 0 radical (unpaired) electrons. The van der Waals surface area contributed by atoms with E-state index in [1.165, 1.54) is 5.56 Å². The van der Waals surface area contributed by atoms with Crippen LogP contribution in [0.3, 0.4) is 0 Å². The van der Waals surface area contributed by atoms with Crippen molar-refractivity contribution in [2.75, 3.05) is 0 Å². The lowest BCUT2D eigenvalue weighted by Crippen LogP contribution is -2.23. The van der Waals surface area contributed by atoms with Crippen LogP contribution in [0.15, 0.2) is 18.2 Å². The molecule has 1 aliphatic carbocycles. The number of aromatic nitrogens is 4. The predicted molar refractivity (Wildman–Crippen MR) is 66.5 cm³/mol. The quantitative estimate of drug-likeness (QED) is 0.695. The zero-order valence-electron chi connectivity index (χ0n) is 10.4. The van der Waals surface area contributed by atoms with Gasteiger partial charge in [0.25, 0.3) is 0 Å². The van der Waals surface area contributed by atoms with Crippen LogP contribution in [0.25, 0.3) is 11.7 Å². The third kappa shape index (κ3) is 1.64. The molecule has 0 spiro atoms. The van der Waals surface area contributed by atoms with E-state index >= 15 is 0 Å². The van der Waals surface area contributed by atoms with Gasteiger partial charge in [-0.3, -0.25) is 0 Å². The van der Waals surface area contributed by atoms with Gasteiger partial charge in [0.1, 0.15) is 0 Å². The standard InChI is InChI=1S/C13H16N4/c1-13(2,3)10-5-6-11-9(8-10)4-7-12-14-15-16-17(11)12/h4-7,10H,8H2,1-3H3. The predicted octanol–water partition coefficient (Wildman–Crippen LogP) is 2.36. The van der Waals surface area contributed by atoms with Crippen LogP contribution in [-0.2, 0) is 6.42 Å². The molecule has 88 valence electrons. The Morgan fingerprint density at radius 2 is 2.12 bits per heavy atom. The average molecular weight is 228 g/mol. The molecule has 0 amide bonds. The molecule has 0 N–H and O–H groups in total. The summed E-state index contributed by atoms with van der Waals surface area (Å²) in [5, 5.41) is 11.7. The van der Waals surface area contributed by atoms with E-state index < -0.39 is 0 Å². The van der Waals surface area contributed by atoms with E-state index in [-0.39, 0.29) is 0 Å². The van der Waals surface area contributed by atoms with Gasteiger partial charge >= 0.3 is 0 Å². The summed E-state index contributed by atoms with van der Waals surface area (Å²) in [7, 11) is 0. The minimum Gasteiger partial charge on any atom is -0.193 e. The van der Waals surface area contributed by atoms with Gasteiger partial charge in [-0.05, 0) is 45.9 Å². The molecule has 0 bridgehead atoms. The molecule has 3 rings (SSSR count). The zero-order chi connectivity index (χ0) is 12.0. The molecule has 2 heterocycles. The second-order valence-corrected chi connectivity index (χ2v) is 5.73. The van der Waals surface area contributed by atoms with Gasteiger partial charge in [0.15, 0.2) is 5.65 Å². The number of rotatable bonds is 0. The Labute approximate surface area is 100 Å². The Balaban J connectivity index is 2.10. The Hall–Kier alpha value is -1.71. The van der Waals surface area contributed by atoms with Gasteiger partial charge in [0, 0.05) is 0 Å². The van der Waals surface area contributed by atoms with Crippen molar-refractivity contribution >= 4 is 11.7 Å². The van der Waals surface area contributed by atoms with Crippen molar-refractivity contribution in [3.8, 4) is 0 Å². The second kappa shape index (κ2) is 3.39. The fourth-order valence-corrected chi connectivity index (χ4v) is 2.32. The average Bonchev–Trinajstić information content (AvgIpc) is 2.75. The molecule has 17 heavy (non-hydrogen) atoms. The van der Waals surface area contributed by atoms with E-state index in [1.54, 1.807) is 0 Å². The lowest BCUT2D eigenvalue weighted by molar-refractivity contribution is 0.290. The molecule has 4 nitrogen and oxygen atoms in total. The van der Waals surface area contributed by atoms with Crippen LogP contribution in [0.5, 0.6) is 0 Å². The fourth-order valence-electron chi connectivity index (χ4n) is 2.32. The van der Waals surface area contributed by atoms with Gasteiger partial charge < -0.3 is 0 Å². The maximum Gasteiger partial charge on any atom is 0.179 e. The van der Waals surface area contributed by atoms with Crippen molar-refractivity contribution in [3.05, 3.63) is 29.5 Å². The van der Waals surface area contributed by atoms with Crippen molar-refractivity contribution in [1.29, 1.82) is 0 Å². The highest BCUT2D eigenvalue weighted by atomic mass is 15.5. The van der Waals surface area contributed by atoms with Crippen molar-refractivity contribution in [2.45, 2.75) is 27.2 Å². The number of nitrogens with zero attached hydrogens (tertiary/aromatic N) is 4. The summed E-state index contributed by atoms with van der Waals surface area (Å²) < 4.78 is 1.81. The number of hydrogen-bond donors (Lipinski definition) is 0. The van der Waals surface area contributed by atoms with Crippen LogP contribution in [0.2, 0.25) is 0 Å². The van der Waals surface area contributed by atoms with Crippen LogP contribution < -0.4 is 0 Å². The number of tetrazole rings is 1. The number of pyridine rings is 1. The lowest BCUT2D eigenvalue weighted by atomic mass is 9.75. The van der Waals surface area contributed by atoms with E-state index in [4.69, 9.17) is 0 Å². The van der Waals surface area contributed by atoms with Crippen molar-refractivity contribution in [3.63, 3.8) is 0 Å². The molecular formula is C13H16N4. The zero-order valence-corrected chi connectivity index (χ0v) is 10.4. The molecule has 0 aromatic carbocycles. The molecule has 0 aliphatic heterocycles. The Kier molecular flexibility index (Phi) is 2.08. The first-order valence-electron chi connectivity index (χ1n) is 5.94. The topological polar surface area (TPSA) is 43.1 Å². The highest BCUT2D eigenvalue weighted by Gasteiger charge is 2.26. The summed E-state index contributed by atoms with van der Waals surface area (Å²) in [6.07, 6.45) is 5.49. The first kappa shape index (κ1) is 10.4. The molecule has 1 atom stereocenters. The molecule has 0 saturated carbocycles. The van der Waals surface area contributed by atoms with E-state index in [0.29, 0.717) is 11.3 Å². The maximum atomic E-state index is 4.02. The monoisotopic (exact) mass is 228 g/mol. The van der Waals surface area contributed by atoms with E-state index in [2.05, 4.69) is 54.5 Å². The summed E-state index contributed by atoms with van der Waals surface area (Å²) in [5.74, 6) is 0.573.